The first kappa shape index (κ1) is 13.4. The number of rotatable bonds is 7. The molecule has 0 amide bonds. The maximum absolute atomic E-state index is 3.75. The van der Waals surface area contributed by atoms with Crippen LogP contribution in [0, 0.1) is 11.8 Å². The predicted octanol–water partition coefficient (Wildman–Crippen LogP) is 2.89. The monoisotopic (exact) mass is 238 g/mol. The van der Waals surface area contributed by atoms with E-state index in [0.29, 0.717) is 6.04 Å². The third-order valence-electron chi connectivity index (χ3n) is 4.65. The van der Waals surface area contributed by atoms with Crippen LogP contribution in [-0.4, -0.2) is 37.1 Å². The first-order valence-electron chi connectivity index (χ1n) is 7.75. The quantitative estimate of drug-likeness (QED) is 0.686. The smallest absolute Gasteiger partial charge is 0.00792 e. The minimum absolute atomic E-state index is 0.712. The third kappa shape index (κ3) is 4.59. The summed E-state index contributed by atoms with van der Waals surface area (Å²) in [7, 11) is 0. The molecule has 2 unspecified atom stereocenters. The second-order valence-corrected chi connectivity index (χ2v) is 6.12. The van der Waals surface area contributed by atoms with Crippen LogP contribution in [0.4, 0.5) is 0 Å². The normalized spacial score (nSPS) is 28.2. The van der Waals surface area contributed by atoms with Gasteiger partial charge in [0.1, 0.15) is 0 Å². The minimum Gasteiger partial charge on any atom is -0.314 e. The first-order chi connectivity index (χ1) is 8.29. The van der Waals surface area contributed by atoms with Gasteiger partial charge in [0.25, 0.3) is 0 Å². The molecular formula is C15H30N2. The van der Waals surface area contributed by atoms with Crippen molar-refractivity contribution < 1.29 is 0 Å². The molecule has 0 aromatic heterocycles. The van der Waals surface area contributed by atoms with Crippen LogP contribution in [-0.2, 0) is 0 Å². The van der Waals surface area contributed by atoms with Crippen LogP contribution >= 0.6 is 0 Å². The molecule has 2 aliphatic rings. The molecule has 1 N–H and O–H groups in total. The summed E-state index contributed by atoms with van der Waals surface area (Å²) in [5.74, 6) is 1.97. The van der Waals surface area contributed by atoms with Gasteiger partial charge in [-0.3, -0.25) is 0 Å². The molecule has 1 aliphatic heterocycles. The van der Waals surface area contributed by atoms with E-state index in [-0.39, 0.29) is 0 Å². The molecule has 17 heavy (non-hydrogen) atoms. The van der Waals surface area contributed by atoms with Crippen LogP contribution < -0.4 is 5.32 Å². The number of nitrogens with zero attached hydrogens (tertiary/aromatic N) is 1. The fourth-order valence-corrected chi connectivity index (χ4v) is 3.08. The zero-order valence-electron chi connectivity index (χ0n) is 11.8. The van der Waals surface area contributed by atoms with Crippen molar-refractivity contribution in [2.75, 3.05) is 26.2 Å². The van der Waals surface area contributed by atoms with E-state index in [1.807, 2.05) is 0 Å². The fraction of sp³-hybridized carbons (Fsp3) is 1.00. The Balaban J connectivity index is 1.58. The first-order valence-corrected chi connectivity index (χ1v) is 7.75. The van der Waals surface area contributed by atoms with Crippen LogP contribution in [0.3, 0.4) is 0 Å². The minimum atomic E-state index is 0.712. The third-order valence-corrected chi connectivity index (χ3v) is 4.65. The Morgan fingerprint density at radius 1 is 1.29 bits per heavy atom. The zero-order chi connectivity index (χ0) is 12.1. The summed E-state index contributed by atoms with van der Waals surface area (Å²) in [4.78, 5) is 2.61. The van der Waals surface area contributed by atoms with E-state index >= 15 is 0 Å². The molecule has 2 rings (SSSR count). The van der Waals surface area contributed by atoms with Crippen molar-refractivity contribution in [3.05, 3.63) is 0 Å². The number of hydrogen-bond acceptors (Lipinski definition) is 2. The number of piperidine rings is 1. The molecule has 0 spiro atoms. The molecular weight excluding hydrogens is 208 g/mol. The lowest BCUT2D eigenvalue weighted by molar-refractivity contribution is 0.157. The van der Waals surface area contributed by atoms with Gasteiger partial charge in [-0.25, -0.2) is 0 Å². The lowest BCUT2D eigenvalue weighted by atomic mass is 9.91. The molecule has 1 saturated carbocycles. The van der Waals surface area contributed by atoms with E-state index in [4.69, 9.17) is 0 Å². The Labute approximate surface area is 107 Å². The highest BCUT2D eigenvalue weighted by Crippen LogP contribution is 2.33. The van der Waals surface area contributed by atoms with Gasteiger partial charge in [0.05, 0.1) is 0 Å². The topological polar surface area (TPSA) is 15.3 Å². The van der Waals surface area contributed by atoms with E-state index in [9.17, 15) is 0 Å². The highest BCUT2D eigenvalue weighted by molar-refractivity contribution is 4.80. The van der Waals surface area contributed by atoms with Gasteiger partial charge < -0.3 is 10.2 Å². The van der Waals surface area contributed by atoms with Gasteiger partial charge in [-0.05, 0) is 64.1 Å². The summed E-state index contributed by atoms with van der Waals surface area (Å²) in [5, 5.41) is 3.75. The fourth-order valence-electron chi connectivity index (χ4n) is 3.08. The largest absolute Gasteiger partial charge is 0.314 e. The van der Waals surface area contributed by atoms with E-state index < -0.39 is 0 Å². The van der Waals surface area contributed by atoms with Crippen LogP contribution in [0.1, 0.15) is 52.4 Å². The maximum atomic E-state index is 3.75. The van der Waals surface area contributed by atoms with Crippen LogP contribution in [0.25, 0.3) is 0 Å². The Morgan fingerprint density at radius 3 is 2.82 bits per heavy atom. The predicted molar refractivity (Wildman–Crippen MR) is 74.3 cm³/mol. The van der Waals surface area contributed by atoms with Gasteiger partial charge >= 0.3 is 0 Å². The van der Waals surface area contributed by atoms with Gasteiger partial charge in [0, 0.05) is 12.6 Å². The molecule has 100 valence electrons. The molecule has 2 fully saturated rings. The summed E-state index contributed by atoms with van der Waals surface area (Å²) in [6.45, 7) is 9.77. The van der Waals surface area contributed by atoms with Crippen molar-refractivity contribution in [3.63, 3.8) is 0 Å². The summed E-state index contributed by atoms with van der Waals surface area (Å²) >= 11 is 0. The van der Waals surface area contributed by atoms with Crippen molar-refractivity contribution >= 4 is 0 Å². The summed E-state index contributed by atoms with van der Waals surface area (Å²) in [6.07, 6.45) is 8.68. The van der Waals surface area contributed by atoms with Gasteiger partial charge in [-0.1, -0.05) is 19.8 Å². The Kier molecular flexibility index (Phi) is 5.30. The second-order valence-electron chi connectivity index (χ2n) is 6.12. The summed E-state index contributed by atoms with van der Waals surface area (Å²) < 4.78 is 0. The van der Waals surface area contributed by atoms with E-state index in [1.54, 1.807) is 0 Å². The SMILES string of the molecule is CCN1CCCC(C(C)NCCCC2CC2)C1. The second kappa shape index (κ2) is 6.75. The van der Waals surface area contributed by atoms with E-state index in [1.165, 1.54) is 64.7 Å². The molecule has 2 nitrogen and oxygen atoms in total. The summed E-state index contributed by atoms with van der Waals surface area (Å²) in [6, 6.07) is 0.712. The van der Waals surface area contributed by atoms with Crippen LogP contribution in [0.15, 0.2) is 0 Å². The van der Waals surface area contributed by atoms with Gasteiger partial charge in [0.15, 0.2) is 0 Å². The highest BCUT2D eigenvalue weighted by Gasteiger charge is 2.24. The molecule has 1 aliphatic carbocycles. The number of likely N-dealkylation sites (tertiary alicyclic amines) is 1. The zero-order valence-corrected chi connectivity index (χ0v) is 11.8. The average Bonchev–Trinajstić information content (AvgIpc) is 3.18. The number of hydrogen-bond donors (Lipinski definition) is 1. The van der Waals surface area contributed by atoms with E-state index in [2.05, 4.69) is 24.1 Å². The van der Waals surface area contributed by atoms with Crippen molar-refractivity contribution in [1.29, 1.82) is 0 Å². The highest BCUT2D eigenvalue weighted by atomic mass is 15.1. The molecule has 1 heterocycles. The van der Waals surface area contributed by atoms with E-state index in [0.717, 1.165) is 11.8 Å². The maximum Gasteiger partial charge on any atom is 0.00792 e. The van der Waals surface area contributed by atoms with Crippen molar-refractivity contribution in [1.82, 2.24) is 10.2 Å². The standard InChI is InChI=1S/C15H30N2/c1-3-17-11-5-7-15(12-17)13(2)16-10-4-6-14-8-9-14/h13-16H,3-12H2,1-2H3. The molecule has 0 aromatic rings. The Bertz CT molecular complexity index is 213. The Morgan fingerprint density at radius 2 is 2.12 bits per heavy atom. The lowest BCUT2D eigenvalue weighted by Gasteiger charge is -2.35. The van der Waals surface area contributed by atoms with Crippen molar-refractivity contribution in [2.45, 2.75) is 58.4 Å². The lowest BCUT2D eigenvalue weighted by Crippen LogP contribution is -2.44. The molecule has 0 aromatic carbocycles. The van der Waals surface area contributed by atoms with Crippen LogP contribution in [0.5, 0.6) is 0 Å². The molecule has 1 saturated heterocycles. The molecule has 0 bridgehead atoms. The van der Waals surface area contributed by atoms with Gasteiger partial charge in [0.2, 0.25) is 0 Å². The van der Waals surface area contributed by atoms with Crippen LogP contribution in [0.2, 0.25) is 0 Å². The molecule has 2 atom stereocenters. The van der Waals surface area contributed by atoms with Crippen molar-refractivity contribution in [3.8, 4) is 0 Å². The summed E-state index contributed by atoms with van der Waals surface area (Å²) in [5.41, 5.74) is 0. The molecule has 0 radical (unpaired) electrons. The van der Waals surface area contributed by atoms with Gasteiger partial charge in [-0.2, -0.15) is 0 Å². The average molecular weight is 238 g/mol. The van der Waals surface area contributed by atoms with Gasteiger partial charge in [-0.15, -0.1) is 0 Å². The van der Waals surface area contributed by atoms with Crippen molar-refractivity contribution in [2.24, 2.45) is 11.8 Å². The number of nitrogens with one attached hydrogen (secondary N) is 1. The Hall–Kier alpha value is -0.0800. The molecule has 2 heteroatoms.